The van der Waals surface area contributed by atoms with Crippen LogP contribution in [0.1, 0.15) is 49.3 Å². The third kappa shape index (κ3) is 3.30. The molecule has 1 unspecified atom stereocenters. The molecule has 116 valence electrons. The topological polar surface area (TPSA) is 79.3 Å². The van der Waals surface area contributed by atoms with Crippen molar-refractivity contribution in [2.45, 2.75) is 26.8 Å². The molecule has 1 aromatic heterocycles. The monoisotopic (exact) mass is 322 g/mol. The number of aromatic carboxylic acids is 1. The summed E-state index contributed by atoms with van der Waals surface area (Å²) in [5, 5.41) is 12.2. The molecule has 2 N–H and O–H groups in total. The van der Waals surface area contributed by atoms with E-state index in [-0.39, 0.29) is 10.4 Å². The summed E-state index contributed by atoms with van der Waals surface area (Å²) in [6.07, 6.45) is 0. The van der Waals surface area contributed by atoms with Crippen LogP contribution in [0.5, 0.6) is 0 Å². The van der Waals surface area contributed by atoms with Gasteiger partial charge in [0.15, 0.2) is 0 Å². The SMILES string of the molecule is Cc1ccc(F)cc1C(=O)NC(C)c1nc(C)c(C(=O)O)s1. The van der Waals surface area contributed by atoms with E-state index in [1.807, 2.05) is 0 Å². The van der Waals surface area contributed by atoms with E-state index in [0.717, 1.165) is 11.3 Å². The van der Waals surface area contributed by atoms with Gasteiger partial charge < -0.3 is 10.4 Å². The van der Waals surface area contributed by atoms with E-state index in [4.69, 9.17) is 5.11 Å². The molecule has 0 aliphatic heterocycles. The second-order valence-electron chi connectivity index (χ2n) is 4.93. The van der Waals surface area contributed by atoms with Crippen LogP contribution < -0.4 is 5.32 Å². The molecule has 0 radical (unpaired) electrons. The Morgan fingerprint density at radius 2 is 2.05 bits per heavy atom. The molecule has 0 bridgehead atoms. The molecule has 2 aromatic rings. The van der Waals surface area contributed by atoms with E-state index in [1.165, 1.54) is 18.2 Å². The van der Waals surface area contributed by atoms with Crippen LogP contribution >= 0.6 is 11.3 Å². The van der Waals surface area contributed by atoms with Crippen molar-refractivity contribution in [2.75, 3.05) is 0 Å². The van der Waals surface area contributed by atoms with E-state index in [9.17, 15) is 14.0 Å². The number of carbonyl (C=O) groups excluding carboxylic acids is 1. The highest BCUT2D eigenvalue weighted by Gasteiger charge is 2.20. The van der Waals surface area contributed by atoms with Gasteiger partial charge in [0.25, 0.3) is 5.91 Å². The number of aryl methyl sites for hydroxylation is 2. The molecule has 1 heterocycles. The highest BCUT2D eigenvalue weighted by molar-refractivity contribution is 7.13. The van der Waals surface area contributed by atoms with Crippen LogP contribution in [0.4, 0.5) is 4.39 Å². The van der Waals surface area contributed by atoms with Gasteiger partial charge in [-0.15, -0.1) is 11.3 Å². The summed E-state index contributed by atoms with van der Waals surface area (Å²) in [6.45, 7) is 5.03. The van der Waals surface area contributed by atoms with Crippen molar-refractivity contribution in [2.24, 2.45) is 0 Å². The number of aromatic nitrogens is 1. The van der Waals surface area contributed by atoms with Gasteiger partial charge in [0.05, 0.1) is 11.7 Å². The number of benzene rings is 1. The summed E-state index contributed by atoms with van der Waals surface area (Å²) < 4.78 is 13.3. The third-order valence-electron chi connectivity index (χ3n) is 3.17. The highest BCUT2D eigenvalue weighted by atomic mass is 32.1. The fraction of sp³-hybridized carbons (Fsp3) is 0.267. The number of amides is 1. The molecule has 5 nitrogen and oxygen atoms in total. The Morgan fingerprint density at radius 3 is 2.64 bits per heavy atom. The molecule has 0 spiro atoms. The van der Waals surface area contributed by atoms with Crippen molar-refractivity contribution in [3.8, 4) is 0 Å². The maximum atomic E-state index is 13.3. The predicted molar refractivity (Wildman–Crippen MR) is 80.8 cm³/mol. The Hall–Kier alpha value is -2.28. The van der Waals surface area contributed by atoms with Crippen LogP contribution in [0, 0.1) is 19.7 Å². The average molecular weight is 322 g/mol. The first-order valence-electron chi connectivity index (χ1n) is 6.57. The van der Waals surface area contributed by atoms with Crippen LogP contribution in [0.15, 0.2) is 18.2 Å². The number of carbonyl (C=O) groups is 2. The van der Waals surface area contributed by atoms with Gasteiger partial charge in [0.1, 0.15) is 15.7 Å². The van der Waals surface area contributed by atoms with E-state index in [1.54, 1.807) is 20.8 Å². The number of carboxylic acid groups (broad SMARTS) is 1. The van der Waals surface area contributed by atoms with Gasteiger partial charge in [-0.25, -0.2) is 14.2 Å². The molecule has 0 aliphatic rings. The van der Waals surface area contributed by atoms with Gasteiger partial charge in [0.2, 0.25) is 0 Å². The Labute approximate surface area is 130 Å². The maximum absolute atomic E-state index is 13.3. The number of hydrogen-bond donors (Lipinski definition) is 2. The normalized spacial score (nSPS) is 12.0. The number of thiazole rings is 1. The van der Waals surface area contributed by atoms with Gasteiger partial charge in [-0.3, -0.25) is 4.79 Å². The van der Waals surface area contributed by atoms with Crippen LogP contribution in [-0.4, -0.2) is 22.0 Å². The number of carboxylic acids is 1. The molecule has 1 atom stereocenters. The zero-order chi connectivity index (χ0) is 16.4. The fourth-order valence-electron chi connectivity index (χ4n) is 1.98. The Kier molecular flexibility index (Phi) is 4.56. The Balaban J connectivity index is 2.19. The molecule has 1 aromatic carbocycles. The fourth-order valence-corrected chi connectivity index (χ4v) is 2.88. The summed E-state index contributed by atoms with van der Waals surface area (Å²) in [5.74, 6) is -1.95. The lowest BCUT2D eigenvalue weighted by atomic mass is 10.1. The largest absolute Gasteiger partial charge is 0.477 e. The average Bonchev–Trinajstić information content (AvgIpc) is 2.83. The predicted octanol–water partition coefficient (Wildman–Crippen LogP) is 3.09. The summed E-state index contributed by atoms with van der Waals surface area (Å²) in [5.41, 5.74) is 1.32. The van der Waals surface area contributed by atoms with Crippen LogP contribution in [-0.2, 0) is 0 Å². The molecular formula is C15H15FN2O3S. The molecule has 0 fully saturated rings. The van der Waals surface area contributed by atoms with E-state index in [0.29, 0.717) is 16.3 Å². The summed E-state index contributed by atoms with van der Waals surface area (Å²) in [6, 6.07) is 3.53. The highest BCUT2D eigenvalue weighted by Crippen LogP contribution is 2.24. The van der Waals surface area contributed by atoms with Crippen molar-refractivity contribution in [3.05, 3.63) is 50.7 Å². The molecule has 0 saturated heterocycles. The molecule has 0 aliphatic carbocycles. The first-order valence-corrected chi connectivity index (χ1v) is 7.39. The molecule has 0 saturated carbocycles. The number of halogens is 1. The Morgan fingerprint density at radius 1 is 1.36 bits per heavy atom. The van der Waals surface area contributed by atoms with Gasteiger partial charge >= 0.3 is 5.97 Å². The molecule has 1 amide bonds. The smallest absolute Gasteiger partial charge is 0.347 e. The molecular weight excluding hydrogens is 307 g/mol. The molecule has 22 heavy (non-hydrogen) atoms. The first-order chi connectivity index (χ1) is 10.3. The lowest BCUT2D eigenvalue weighted by molar-refractivity contribution is 0.0701. The summed E-state index contributed by atoms with van der Waals surface area (Å²) in [7, 11) is 0. The Bertz CT molecular complexity index is 742. The molecule has 7 heteroatoms. The van der Waals surface area contributed by atoms with E-state index in [2.05, 4.69) is 10.3 Å². The first kappa shape index (κ1) is 16.1. The zero-order valence-corrected chi connectivity index (χ0v) is 13.1. The second kappa shape index (κ2) is 6.23. The number of nitrogens with zero attached hydrogens (tertiary/aromatic N) is 1. The van der Waals surface area contributed by atoms with Gasteiger partial charge in [-0.1, -0.05) is 6.07 Å². The van der Waals surface area contributed by atoms with Crippen molar-refractivity contribution in [1.82, 2.24) is 10.3 Å². The minimum atomic E-state index is -1.04. The van der Waals surface area contributed by atoms with Gasteiger partial charge in [-0.05, 0) is 38.5 Å². The van der Waals surface area contributed by atoms with Crippen LogP contribution in [0.2, 0.25) is 0 Å². The van der Waals surface area contributed by atoms with Crippen molar-refractivity contribution in [1.29, 1.82) is 0 Å². The zero-order valence-electron chi connectivity index (χ0n) is 12.3. The third-order valence-corrected chi connectivity index (χ3v) is 4.50. The van der Waals surface area contributed by atoms with E-state index >= 15 is 0 Å². The number of nitrogens with one attached hydrogen (secondary N) is 1. The lowest BCUT2D eigenvalue weighted by Crippen LogP contribution is -2.27. The van der Waals surface area contributed by atoms with Crippen molar-refractivity contribution < 1.29 is 19.1 Å². The summed E-state index contributed by atoms with van der Waals surface area (Å²) >= 11 is 1.02. The number of rotatable bonds is 4. The second-order valence-corrected chi connectivity index (χ2v) is 5.96. The molecule has 2 rings (SSSR count). The minimum Gasteiger partial charge on any atom is -0.477 e. The number of hydrogen-bond acceptors (Lipinski definition) is 4. The van der Waals surface area contributed by atoms with Crippen LogP contribution in [0.25, 0.3) is 0 Å². The summed E-state index contributed by atoms with van der Waals surface area (Å²) in [4.78, 5) is 27.6. The quantitative estimate of drug-likeness (QED) is 0.906. The van der Waals surface area contributed by atoms with Crippen LogP contribution in [0.3, 0.4) is 0 Å². The minimum absolute atomic E-state index is 0.151. The van der Waals surface area contributed by atoms with Gasteiger partial charge in [-0.2, -0.15) is 0 Å². The van der Waals surface area contributed by atoms with Gasteiger partial charge in [0, 0.05) is 5.56 Å². The lowest BCUT2D eigenvalue weighted by Gasteiger charge is -2.12. The maximum Gasteiger partial charge on any atom is 0.347 e. The van der Waals surface area contributed by atoms with E-state index < -0.39 is 23.7 Å². The van der Waals surface area contributed by atoms with Crippen molar-refractivity contribution in [3.63, 3.8) is 0 Å². The standard InChI is InChI=1S/C15H15FN2O3S/c1-7-4-5-10(16)6-11(7)13(19)17-9(3)14-18-8(2)12(22-14)15(20)21/h4-6,9H,1-3H3,(H,17,19)(H,20,21). The van der Waals surface area contributed by atoms with Crippen molar-refractivity contribution >= 4 is 23.2 Å².